The van der Waals surface area contributed by atoms with Crippen molar-refractivity contribution in [1.82, 2.24) is 83.1 Å². The number of carboxylic acid groups (broad SMARTS) is 2. The minimum absolute atomic E-state index is 0.00126. The van der Waals surface area contributed by atoms with Crippen LogP contribution < -0.4 is 75.7 Å². The van der Waals surface area contributed by atoms with Crippen LogP contribution in [0.4, 0.5) is 0 Å². The highest BCUT2D eigenvalue weighted by molar-refractivity contribution is 6.01. The van der Waals surface area contributed by atoms with Gasteiger partial charge in [0.05, 0.1) is 51.9 Å². The maximum atomic E-state index is 14.3. The number of fused-ring (bicyclic) bond motifs is 1. The minimum Gasteiger partial charge on any atom is -0.481 e. The molecule has 618 valence electrons. The van der Waals surface area contributed by atoms with Crippen molar-refractivity contribution in [1.29, 1.82) is 0 Å². The third kappa shape index (κ3) is 25.8. The van der Waals surface area contributed by atoms with Crippen molar-refractivity contribution in [2.45, 2.75) is 202 Å². The molecule has 1 aromatic carbocycles. The van der Waals surface area contributed by atoms with Gasteiger partial charge in [0.1, 0.15) is 72.5 Å². The van der Waals surface area contributed by atoms with E-state index in [4.69, 9.17) is 17.2 Å². The van der Waals surface area contributed by atoms with Crippen LogP contribution in [0.25, 0.3) is 10.9 Å². The highest BCUT2D eigenvalue weighted by Gasteiger charge is 2.47. The van der Waals surface area contributed by atoms with Crippen LogP contribution in [0.1, 0.15) is 123 Å². The van der Waals surface area contributed by atoms with Gasteiger partial charge in [-0.05, 0) is 114 Å². The number of aliphatic hydroxyl groups excluding tert-OH is 3. The van der Waals surface area contributed by atoms with E-state index in [1.165, 1.54) is 21.6 Å². The molecule has 0 saturated carbocycles. The molecule has 42 nitrogen and oxygen atoms in total. The van der Waals surface area contributed by atoms with Crippen molar-refractivity contribution in [3.63, 3.8) is 0 Å². The summed E-state index contributed by atoms with van der Waals surface area (Å²) < 4.78 is 0. The Morgan fingerprint density at radius 1 is 0.509 bits per heavy atom. The number of carbonyl (C=O) groups is 18. The molecular weight excluding hydrogens is 1470 g/mol. The van der Waals surface area contributed by atoms with E-state index in [1.807, 2.05) is 0 Å². The summed E-state index contributed by atoms with van der Waals surface area (Å²) >= 11 is 0. The van der Waals surface area contributed by atoms with Gasteiger partial charge in [-0.1, -0.05) is 32.0 Å². The molecule has 4 saturated heterocycles. The van der Waals surface area contributed by atoms with Crippen LogP contribution in [0.2, 0.25) is 0 Å². The average Bonchev–Trinajstić information content (AvgIpc) is 1.70. The molecular formula is C70H105N19O23. The molecule has 0 spiro atoms. The lowest BCUT2D eigenvalue weighted by atomic mass is 9.99. The smallest absolute Gasteiger partial charge is 0.328 e. The Bertz CT molecular complexity index is 3760. The number of para-hydroxylation sites is 1. The first-order valence-electron chi connectivity index (χ1n) is 37.2. The number of unbranched alkanes of at least 4 members (excludes halogenated alkanes) is 1. The van der Waals surface area contributed by atoms with Gasteiger partial charge in [0.2, 0.25) is 94.5 Å². The number of nitrogens with one attached hydrogen (secondary N) is 12. The molecule has 0 aliphatic carbocycles. The number of nitrogens with zero attached hydrogens (tertiary/aromatic N) is 4. The third-order valence-electron chi connectivity index (χ3n) is 19.5. The summed E-state index contributed by atoms with van der Waals surface area (Å²) in [5.74, 6) is -17.1. The van der Waals surface area contributed by atoms with Gasteiger partial charge in [0, 0.05) is 56.1 Å². The van der Waals surface area contributed by atoms with Gasteiger partial charge in [0.25, 0.3) is 0 Å². The number of aromatic amines is 1. The zero-order chi connectivity index (χ0) is 82.6. The highest BCUT2D eigenvalue weighted by Crippen LogP contribution is 2.30. The Labute approximate surface area is 643 Å². The zero-order valence-electron chi connectivity index (χ0n) is 62.7. The van der Waals surface area contributed by atoms with Crippen molar-refractivity contribution in [3.05, 3.63) is 36.0 Å². The predicted octanol–water partition coefficient (Wildman–Crippen LogP) is -8.77. The van der Waals surface area contributed by atoms with E-state index >= 15 is 0 Å². The average molecular weight is 1580 g/mol. The van der Waals surface area contributed by atoms with Crippen molar-refractivity contribution >= 4 is 117 Å². The maximum absolute atomic E-state index is 14.3. The lowest BCUT2D eigenvalue weighted by Gasteiger charge is -2.34. The fraction of sp³-hybridized carbons (Fsp3) is 0.629. The molecule has 0 bridgehead atoms. The second-order valence-corrected chi connectivity index (χ2v) is 28.3. The number of aromatic nitrogens is 1. The van der Waals surface area contributed by atoms with Crippen LogP contribution in [0, 0.1) is 5.92 Å². The van der Waals surface area contributed by atoms with Crippen molar-refractivity contribution in [2.24, 2.45) is 23.1 Å². The Kier molecular flexibility index (Phi) is 35.0. The molecule has 4 fully saturated rings. The summed E-state index contributed by atoms with van der Waals surface area (Å²) in [5.41, 5.74) is 18.6. The monoisotopic (exact) mass is 1580 g/mol. The summed E-state index contributed by atoms with van der Waals surface area (Å²) in [7, 11) is 0. The molecule has 23 N–H and O–H groups in total. The van der Waals surface area contributed by atoms with E-state index in [1.54, 1.807) is 44.3 Å². The third-order valence-corrected chi connectivity index (χ3v) is 19.5. The van der Waals surface area contributed by atoms with Gasteiger partial charge in [0.15, 0.2) is 0 Å². The molecule has 6 rings (SSSR count). The van der Waals surface area contributed by atoms with Crippen molar-refractivity contribution < 1.29 is 112 Å². The summed E-state index contributed by atoms with van der Waals surface area (Å²) in [6, 6.07) is -10.8. The highest BCUT2D eigenvalue weighted by atomic mass is 16.4. The summed E-state index contributed by atoms with van der Waals surface area (Å²) in [6.45, 7) is 0.0288. The zero-order valence-corrected chi connectivity index (χ0v) is 62.7. The topological polar surface area (TPSA) is 648 Å². The second-order valence-electron chi connectivity index (χ2n) is 28.3. The number of benzene rings is 1. The van der Waals surface area contributed by atoms with Crippen LogP contribution in [0.15, 0.2) is 30.5 Å². The van der Waals surface area contributed by atoms with E-state index in [9.17, 15) is 112 Å². The van der Waals surface area contributed by atoms with Gasteiger partial charge in [-0.3, -0.25) is 81.5 Å². The van der Waals surface area contributed by atoms with E-state index in [0.717, 1.165) is 15.8 Å². The Morgan fingerprint density at radius 2 is 0.991 bits per heavy atom. The van der Waals surface area contributed by atoms with Crippen LogP contribution >= 0.6 is 0 Å². The van der Waals surface area contributed by atoms with Crippen LogP contribution in [-0.4, -0.2) is 307 Å². The standard InChI is InChI=1S/C70H105N19O23/c1-36(2)26-43(81-63(104)44(80-58(99)40(72)19-20-57(97)98)27-38-29-74-41-13-5-4-12-39(38)41)62(103)79-42(14-6-7-21-71)61(102)82-45(28-53(73)93)59(100)76-30-54(94)75-32-56(96)86-22-8-15-49(86)65(106)84-47(34-91)64(105)83-46(33-90)60(101)77-31-55(95)78-37(3)67(108)88-24-10-17-51(88)69(110)89-25-11-18-52(89)68(109)87-23-9-16-50(87)66(107)85-48(35-92)70(111)112/h4-5,12-13,29,36-37,40,42-52,74,90-92H,6-11,14-28,30-35,71-72H2,1-3H3,(H2,73,93)(H,75,94)(H,76,100)(H,77,101)(H,78,95)(H,79,103)(H,80,99)(H,81,104)(H,82,102)(H,83,105)(H,84,106)(H,85,107)(H,97,98)(H,111,112)/t37-,40-,42-,43-,44-,45-,46-,47-,48-,49-,50-,51-,52-/m0/s1. The summed E-state index contributed by atoms with van der Waals surface area (Å²) in [4.78, 5) is 248. The van der Waals surface area contributed by atoms with Crippen LogP contribution in [0.5, 0.6) is 0 Å². The van der Waals surface area contributed by atoms with Gasteiger partial charge < -0.3 is 126 Å². The van der Waals surface area contributed by atoms with Crippen molar-refractivity contribution in [3.8, 4) is 0 Å². The summed E-state index contributed by atoms with van der Waals surface area (Å²) in [6.07, 6.45) is 2.79. The van der Waals surface area contributed by atoms with Gasteiger partial charge in [-0.15, -0.1) is 0 Å². The normalized spacial score (nSPS) is 19.1. The number of H-pyrrole nitrogens is 1. The first kappa shape index (κ1) is 89.9. The number of carboxylic acids is 2. The number of amides is 16. The first-order valence-corrected chi connectivity index (χ1v) is 37.2. The number of aliphatic carboxylic acids is 2. The predicted molar refractivity (Wildman–Crippen MR) is 391 cm³/mol. The van der Waals surface area contributed by atoms with Crippen LogP contribution in [-0.2, 0) is 92.7 Å². The Balaban J connectivity index is 0.964. The molecule has 2 aromatic rings. The fourth-order valence-corrected chi connectivity index (χ4v) is 13.6. The molecule has 112 heavy (non-hydrogen) atoms. The summed E-state index contributed by atoms with van der Waals surface area (Å²) in [5, 5.41) is 75.1. The number of primary amides is 1. The molecule has 4 aliphatic rings. The van der Waals surface area contributed by atoms with Gasteiger partial charge in [-0.25, -0.2) is 4.79 Å². The number of carbonyl (C=O) groups excluding carboxylic acids is 16. The van der Waals surface area contributed by atoms with Crippen molar-refractivity contribution in [2.75, 3.05) is 72.2 Å². The van der Waals surface area contributed by atoms with E-state index in [2.05, 4.69) is 63.5 Å². The molecule has 16 amide bonds. The molecule has 0 radical (unpaired) electrons. The largest absolute Gasteiger partial charge is 0.481 e. The number of rotatable bonds is 43. The minimum atomic E-state index is -1.78. The maximum Gasteiger partial charge on any atom is 0.328 e. The van der Waals surface area contributed by atoms with Gasteiger partial charge >= 0.3 is 11.9 Å². The number of hydrogen-bond acceptors (Lipinski definition) is 23. The molecule has 1 aromatic heterocycles. The number of likely N-dealkylation sites (tertiary alicyclic amines) is 4. The SMILES string of the molecule is CC(C)C[C@H](NC(=O)[C@H](Cc1c[nH]c2ccccc12)NC(=O)[C@@H](N)CCC(=O)O)C(=O)N[C@@H](CCCCN)C(=O)N[C@@H](CC(N)=O)C(=O)NCC(=O)NCC(=O)N1CCC[C@H]1C(=O)N[C@@H](CO)C(=O)N[C@@H](CO)C(=O)NCC(=O)N[C@@H](C)C(=O)N1CCC[C@H]1C(=O)N1CCC[C@H]1C(=O)N1CCC[C@H]1C(=O)N[C@@H](CO)C(=O)O. The molecule has 0 unspecified atom stereocenters. The first-order chi connectivity index (χ1) is 53.2. The molecule has 42 heteroatoms. The molecule has 13 atom stereocenters. The second kappa shape index (κ2) is 43.6. The number of nitrogens with two attached hydrogens (primary N) is 3. The van der Waals surface area contributed by atoms with Gasteiger partial charge in [-0.2, -0.15) is 0 Å². The quantitative estimate of drug-likeness (QED) is 0.0274. The number of aliphatic hydroxyl groups is 3. The Morgan fingerprint density at radius 3 is 1.58 bits per heavy atom. The fourth-order valence-electron chi connectivity index (χ4n) is 13.6. The molecule has 5 heterocycles. The molecule has 4 aliphatic heterocycles. The lowest BCUT2D eigenvalue weighted by molar-refractivity contribution is -0.151. The number of hydrogen-bond donors (Lipinski definition) is 20. The lowest BCUT2D eigenvalue weighted by Crippen LogP contribution is -2.59. The van der Waals surface area contributed by atoms with Crippen LogP contribution in [0.3, 0.4) is 0 Å². The van der Waals surface area contributed by atoms with E-state index in [-0.39, 0.29) is 103 Å². The van der Waals surface area contributed by atoms with E-state index < -0.39 is 237 Å². The Hall–Kier alpha value is -11.0. The van der Waals surface area contributed by atoms with E-state index in [0.29, 0.717) is 31.2 Å².